The van der Waals surface area contributed by atoms with Crippen molar-refractivity contribution in [1.82, 2.24) is 19.1 Å². The molecule has 1 aromatic carbocycles. The normalized spacial score (nSPS) is 12.0. The van der Waals surface area contributed by atoms with Crippen LogP contribution in [0.25, 0.3) is 11.2 Å². The Hall–Kier alpha value is -3.60. The van der Waals surface area contributed by atoms with Gasteiger partial charge in [0.05, 0.1) is 13.2 Å². The number of aryl methyl sites for hydroxylation is 1. The van der Waals surface area contributed by atoms with Crippen LogP contribution in [0.3, 0.4) is 0 Å². The van der Waals surface area contributed by atoms with Gasteiger partial charge in [0.2, 0.25) is 5.95 Å². The van der Waals surface area contributed by atoms with E-state index >= 15 is 0 Å². The quantitative estimate of drug-likeness (QED) is 0.388. The molecule has 3 aromatic rings. The zero-order valence-electron chi connectivity index (χ0n) is 17.3. The van der Waals surface area contributed by atoms with Crippen molar-refractivity contribution in [3.05, 3.63) is 51.2 Å². The van der Waals surface area contributed by atoms with Gasteiger partial charge in [0.25, 0.3) is 5.56 Å². The van der Waals surface area contributed by atoms with Crippen LogP contribution in [0.15, 0.2) is 39.9 Å². The van der Waals surface area contributed by atoms with Gasteiger partial charge in [-0.05, 0) is 18.6 Å². The fourth-order valence-electron chi connectivity index (χ4n) is 2.94. The van der Waals surface area contributed by atoms with E-state index in [1.54, 1.807) is 12.1 Å². The standard InChI is InChI=1S/C20H25N5O6/c1-3-9-30-15(27)10-21-19-22-17-16(18(28)23-20(29)24(17)2)25(19)11-13(26)12-31-14-7-5-4-6-8-14/h4-8,13,26H,3,9-12H2,1-2H3,(H,21,22)(H,23,28,29)/t13-/m1/s1. The van der Waals surface area contributed by atoms with Gasteiger partial charge in [-0.2, -0.15) is 4.98 Å². The highest BCUT2D eigenvalue weighted by atomic mass is 16.5. The highest BCUT2D eigenvalue weighted by Gasteiger charge is 2.20. The summed E-state index contributed by atoms with van der Waals surface area (Å²) in [5, 5.41) is 13.3. The van der Waals surface area contributed by atoms with E-state index in [1.165, 1.54) is 16.2 Å². The lowest BCUT2D eigenvalue weighted by molar-refractivity contribution is -0.141. The lowest BCUT2D eigenvalue weighted by atomic mass is 10.3. The second-order valence-corrected chi connectivity index (χ2v) is 6.89. The van der Waals surface area contributed by atoms with E-state index in [0.29, 0.717) is 18.8 Å². The zero-order valence-corrected chi connectivity index (χ0v) is 17.3. The highest BCUT2D eigenvalue weighted by molar-refractivity contribution is 5.77. The molecule has 0 fully saturated rings. The monoisotopic (exact) mass is 431 g/mol. The molecule has 3 N–H and O–H groups in total. The molecule has 0 aliphatic heterocycles. The van der Waals surface area contributed by atoms with Crippen molar-refractivity contribution < 1.29 is 19.4 Å². The molecule has 166 valence electrons. The summed E-state index contributed by atoms with van der Waals surface area (Å²) in [5.74, 6) is 0.249. The summed E-state index contributed by atoms with van der Waals surface area (Å²) in [6.45, 7) is 1.89. The van der Waals surface area contributed by atoms with Crippen LogP contribution in [0, 0.1) is 0 Å². The summed E-state index contributed by atoms with van der Waals surface area (Å²) >= 11 is 0. The summed E-state index contributed by atoms with van der Waals surface area (Å²) in [5.41, 5.74) is -1.06. The minimum Gasteiger partial charge on any atom is -0.491 e. The van der Waals surface area contributed by atoms with Crippen molar-refractivity contribution in [2.75, 3.05) is 25.1 Å². The molecule has 11 nitrogen and oxygen atoms in total. The summed E-state index contributed by atoms with van der Waals surface area (Å²) in [6.07, 6.45) is -0.308. The number of aromatic amines is 1. The van der Waals surface area contributed by atoms with E-state index in [9.17, 15) is 19.5 Å². The minimum absolute atomic E-state index is 0.0364. The van der Waals surface area contributed by atoms with Crippen LogP contribution in [0.2, 0.25) is 0 Å². The van der Waals surface area contributed by atoms with Crippen LogP contribution in [0.5, 0.6) is 5.75 Å². The number of anilines is 1. The van der Waals surface area contributed by atoms with Gasteiger partial charge in [-0.25, -0.2) is 4.79 Å². The number of fused-ring (bicyclic) bond motifs is 1. The van der Waals surface area contributed by atoms with Crippen LogP contribution < -0.4 is 21.3 Å². The number of aromatic nitrogens is 4. The van der Waals surface area contributed by atoms with Crippen molar-refractivity contribution in [1.29, 1.82) is 0 Å². The Bertz CT molecular complexity index is 1150. The average Bonchev–Trinajstić information content (AvgIpc) is 3.12. The van der Waals surface area contributed by atoms with Crippen LogP contribution in [-0.2, 0) is 23.1 Å². The minimum atomic E-state index is -0.998. The lowest BCUT2D eigenvalue weighted by Gasteiger charge is -2.15. The topological polar surface area (TPSA) is 140 Å². The van der Waals surface area contributed by atoms with Crippen LogP contribution in [0.4, 0.5) is 5.95 Å². The fourth-order valence-corrected chi connectivity index (χ4v) is 2.94. The van der Waals surface area contributed by atoms with Gasteiger partial charge in [-0.15, -0.1) is 0 Å². The summed E-state index contributed by atoms with van der Waals surface area (Å²) < 4.78 is 13.2. The largest absolute Gasteiger partial charge is 0.491 e. The molecular formula is C20H25N5O6. The Labute approximate surface area is 177 Å². The first-order valence-electron chi connectivity index (χ1n) is 9.85. The van der Waals surface area contributed by atoms with Crippen LogP contribution >= 0.6 is 0 Å². The molecule has 0 radical (unpaired) electrons. The molecule has 3 rings (SSSR count). The average molecular weight is 431 g/mol. The molecule has 0 aliphatic carbocycles. The van der Waals surface area contributed by atoms with Gasteiger partial charge in [0.15, 0.2) is 11.2 Å². The van der Waals surface area contributed by atoms with Crippen molar-refractivity contribution in [3.8, 4) is 5.75 Å². The molecule has 0 unspecified atom stereocenters. The first-order valence-corrected chi connectivity index (χ1v) is 9.85. The number of aliphatic hydroxyl groups is 1. The number of nitrogens with zero attached hydrogens (tertiary/aromatic N) is 3. The summed E-state index contributed by atoms with van der Waals surface area (Å²) in [4.78, 5) is 42.8. The number of benzene rings is 1. The third kappa shape index (κ3) is 5.31. The number of hydrogen-bond acceptors (Lipinski definition) is 8. The number of nitrogens with one attached hydrogen (secondary N) is 2. The van der Waals surface area contributed by atoms with Gasteiger partial charge >= 0.3 is 11.7 Å². The lowest BCUT2D eigenvalue weighted by Crippen LogP contribution is -2.31. The zero-order chi connectivity index (χ0) is 22.4. The molecule has 2 aromatic heterocycles. The predicted octanol–water partition coefficient (Wildman–Crippen LogP) is 0.228. The molecule has 0 spiro atoms. The van der Waals surface area contributed by atoms with Crippen molar-refractivity contribution >= 4 is 23.1 Å². The number of H-pyrrole nitrogens is 1. The molecule has 1 atom stereocenters. The van der Waals surface area contributed by atoms with Crippen LogP contribution in [0.1, 0.15) is 13.3 Å². The Kier molecular flexibility index (Phi) is 7.08. The van der Waals surface area contributed by atoms with E-state index in [1.807, 2.05) is 25.1 Å². The van der Waals surface area contributed by atoms with E-state index < -0.39 is 23.3 Å². The third-order valence-electron chi connectivity index (χ3n) is 4.44. The SMILES string of the molecule is CCCOC(=O)CNc1nc2c(c(=O)[nH]c(=O)n2C)n1C[C@@H](O)COc1ccccc1. The second-order valence-electron chi connectivity index (χ2n) is 6.89. The molecule has 31 heavy (non-hydrogen) atoms. The molecule has 11 heteroatoms. The Morgan fingerprint density at radius 1 is 1.29 bits per heavy atom. The first kappa shape index (κ1) is 22.1. The number of aliphatic hydroxyl groups excluding tert-OH is 1. The maximum absolute atomic E-state index is 12.5. The number of carbonyl (C=O) groups is 1. The van der Waals surface area contributed by atoms with Gasteiger partial charge in [0.1, 0.15) is 25.0 Å². The third-order valence-corrected chi connectivity index (χ3v) is 4.44. The summed E-state index contributed by atoms with van der Waals surface area (Å²) in [6, 6.07) is 8.99. The fraction of sp³-hybridized carbons (Fsp3) is 0.400. The summed E-state index contributed by atoms with van der Waals surface area (Å²) in [7, 11) is 1.46. The molecule has 0 aliphatic rings. The molecule has 0 amide bonds. The maximum atomic E-state index is 12.5. The number of imidazole rings is 1. The van der Waals surface area contributed by atoms with Crippen LogP contribution in [-0.4, -0.2) is 56.0 Å². The van der Waals surface area contributed by atoms with E-state index in [0.717, 1.165) is 0 Å². The van der Waals surface area contributed by atoms with E-state index in [4.69, 9.17) is 9.47 Å². The molecule has 2 heterocycles. The highest BCUT2D eigenvalue weighted by Crippen LogP contribution is 2.17. The Morgan fingerprint density at radius 3 is 2.74 bits per heavy atom. The maximum Gasteiger partial charge on any atom is 0.329 e. The van der Waals surface area contributed by atoms with E-state index in [-0.39, 0.29) is 36.8 Å². The molecular weight excluding hydrogens is 406 g/mol. The van der Waals surface area contributed by atoms with Crippen molar-refractivity contribution in [2.45, 2.75) is 26.0 Å². The number of esters is 1. The van der Waals surface area contributed by atoms with Gasteiger partial charge in [-0.3, -0.25) is 19.1 Å². The Morgan fingerprint density at radius 2 is 2.03 bits per heavy atom. The van der Waals surface area contributed by atoms with Gasteiger partial charge in [-0.1, -0.05) is 25.1 Å². The number of rotatable bonds is 10. The number of carbonyl (C=O) groups excluding carboxylic acids is 1. The Balaban J connectivity index is 1.85. The molecule has 0 saturated carbocycles. The molecule has 0 bridgehead atoms. The van der Waals surface area contributed by atoms with Crippen molar-refractivity contribution in [2.24, 2.45) is 7.05 Å². The number of ether oxygens (including phenoxy) is 2. The van der Waals surface area contributed by atoms with Gasteiger partial charge < -0.3 is 24.5 Å². The smallest absolute Gasteiger partial charge is 0.329 e. The number of para-hydroxylation sites is 1. The van der Waals surface area contributed by atoms with Crippen molar-refractivity contribution in [3.63, 3.8) is 0 Å². The van der Waals surface area contributed by atoms with E-state index in [2.05, 4.69) is 15.3 Å². The number of hydrogen-bond donors (Lipinski definition) is 3. The second kappa shape index (κ2) is 9.94. The molecule has 0 saturated heterocycles. The van der Waals surface area contributed by atoms with Gasteiger partial charge in [0, 0.05) is 7.05 Å². The first-order chi connectivity index (χ1) is 14.9. The predicted molar refractivity (Wildman–Crippen MR) is 113 cm³/mol.